The maximum absolute atomic E-state index is 13.6. The Hall–Kier alpha value is -2.05. The summed E-state index contributed by atoms with van der Waals surface area (Å²) in [7, 11) is 0. The monoisotopic (exact) mass is 301 g/mol. The van der Waals surface area contributed by atoms with Gasteiger partial charge in [0.15, 0.2) is 0 Å². The van der Waals surface area contributed by atoms with Gasteiger partial charge in [0.05, 0.1) is 0 Å². The van der Waals surface area contributed by atoms with Crippen LogP contribution in [0.2, 0.25) is 0 Å². The van der Waals surface area contributed by atoms with Crippen molar-refractivity contribution in [2.24, 2.45) is 5.92 Å². The molecule has 1 unspecified atom stereocenters. The van der Waals surface area contributed by atoms with E-state index in [0.29, 0.717) is 31.5 Å². The van der Waals surface area contributed by atoms with Gasteiger partial charge in [-0.1, -0.05) is 0 Å². The number of carbonyl (C=O) groups excluding carboxylic acids is 1. The number of halogens is 3. The highest BCUT2D eigenvalue weighted by molar-refractivity contribution is 5.95. The van der Waals surface area contributed by atoms with Gasteiger partial charge < -0.3 is 10.0 Å². The Labute approximate surface area is 119 Å². The van der Waals surface area contributed by atoms with Crippen LogP contribution in [0.15, 0.2) is 12.1 Å². The summed E-state index contributed by atoms with van der Waals surface area (Å²) in [6.45, 7) is 0.557. The Morgan fingerprint density at radius 1 is 1.24 bits per heavy atom. The molecule has 0 radical (unpaired) electrons. The van der Waals surface area contributed by atoms with Crippen molar-refractivity contribution in [1.82, 2.24) is 4.90 Å². The van der Waals surface area contributed by atoms with E-state index in [-0.39, 0.29) is 18.9 Å². The fourth-order valence-electron chi connectivity index (χ4n) is 2.48. The van der Waals surface area contributed by atoms with Crippen molar-refractivity contribution in [3.05, 3.63) is 35.1 Å². The van der Waals surface area contributed by atoms with Crippen molar-refractivity contribution in [2.75, 3.05) is 13.1 Å². The molecule has 0 bridgehead atoms. The maximum Gasteiger partial charge on any atom is 0.303 e. The van der Waals surface area contributed by atoms with E-state index in [1.807, 2.05) is 0 Å². The number of hydrogen-bond donors (Lipinski definition) is 1. The van der Waals surface area contributed by atoms with Crippen molar-refractivity contribution in [3.63, 3.8) is 0 Å². The molecule has 1 fully saturated rings. The van der Waals surface area contributed by atoms with Gasteiger partial charge in [0.2, 0.25) is 0 Å². The van der Waals surface area contributed by atoms with E-state index in [2.05, 4.69) is 0 Å². The summed E-state index contributed by atoms with van der Waals surface area (Å²) in [5.41, 5.74) is -0.768. The summed E-state index contributed by atoms with van der Waals surface area (Å²) in [5.74, 6) is -5.30. The predicted molar refractivity (Wildman–Crippen MR) is 67.2 cm³/mol. The van der Waals surface area contributed by atoms with Gasteiger partial charge in [-0.05, 0) is 18.8 Å². The maximum atomic E-state index is 13.6. The Kier molecular flexibility index (Phi) is 4.50. The molecule has 0 aromatic heterocycles. The van der Waals surface area contributed by atoms with E-state index in [9.17, 15) is 22.8 Å². The van der Waals surface area contributed by atoms with Gasteiger partial charge in [-0.15, -0.1) is 0 Å². The number of likely N-dealkylation sites (tertiary alicyclic amines) is 1. The second kappa shape index (κ2) is 6.15. The Morgan fingerprint density at radius 2 is 1.86 bits per heavy atom. The van der Waals surface area contributed by atoms with Crippen LogP contribution < -0.4 is 0 Å². The molecule has 1 heterocycles. The molecule has 1 N–H and O–H groups in total. The predicted octanol–water partition coefficient (Wildman–Crippen LogP) is 2.43. The zero-order valence-electron chi connectivity index (χ0n) is 11.1. The van der Waals surface area contributed by atoms with Crippen molar-refractivity contribution >= 4 is 11.9 Å². The summed E-state index contributed by atoms with van der Waals surface area (Å²) in [6, 6.07) is 0.933. The quantitative estimate of drug-likeness (QED) is 0.929. The molecule has 0 spiro atoms. The largest absolute Gasteiger partial charge is 0.481 e. The van der Waals surface area contributed by atoms with Crippen LogP contribution >= 0.6 is 0 Å². The second-order valence-electron chi connectivity index (χ2n) is 5.08. The molecule has 114 valence electrons. The normalized spacial score (nSPS) is 18.0. The Morgan fingerprint density at radius 3 is 2.43 bits per heavy atom. The number of carbonyl (C=O) groups is 2. The second-order valence-corrected chi connectivity index (χ2v) is 5.08. The number of aliphatic carboxylic acids is 1. The molecule has 0 saturated carbocycles. The fourth-order valence-corrected chi connectivity index (χ4v) is 2.48. The average Bonchev–Trinajstić information content (AvgIpc) is 2.83. The number of hydrogen-bond acceptors (Lipinski definition) is 2. The molecule has 2 rings (SSSR count). The van der Waals surface area contributed by atoms with Crippen LogP contribution in [0, 0.1) is 23.4 Å². The van der Waals surface area contributed by atoms with Crippen LogP contribution in [0.5, 0.6) is 0 Å². The first-order valence-electron chi connectivity index (χ1n) is 6.54. The first-order chi connectivity index (χ1) is 9.88. The fraction of sp³-hybridized carbons (Fsp3) is 0.429. The SMILES string of the molecule is O=C(O)CCC1CCN(C(=O)c2c(F)cc(F)cc2F)C1. The summed E-state index contributed by atoms with van der Waals surface area (Å²) in [6.07, 6.45) is 0.989. The molecule has 1 saturated heterocycles. The van der Waals surface area contributed by atoms with Crippen LogP contribution in [0.4, 0.5) is 13.2 Å². The van der Waals surface area contributed by atoms with Crippen LogP contribution in [-0.4, -0.2) is 35.0 Å². The molecule has 21 heavy (non-hydrogen) atoms. The lowest BCUT2D eigenvalue weighted by atomic mass is 10.0. The van der Waals surface area contributed by atoms with Crippen molar-refractivity contribution < 1.29 is 27.9 Å². The molecule has 1 aliphatic heterocycles. The summed E-state index contributed by atoms with van der Waals surface area (Å²) < 4.78 is 39.9. The molecule has 4 nitrogen and oxygen atoms in total. The number of nitrogens with zero attached hydrogens (tertiary/aromatic N) is 1. The van der Waals surface area contributed by atoms with Gasteiger partial charge in [0, 0.05) is 31.6 Å². The first-order valence-corrected chi connectivity index (χ1v) is 6.54. The van der Waals surface area contributed by atoms with Crippen LogP contribution in [-0.2, 0) is 4.79 Å². The molecular formula is C14H14F3NO3. The lowest BCUT2D eigenvalue weighted by Gasteiger charge is -2.17. The molecule has 1 amide bonds. The number of amides is 1. The van der Waals surface area contributed by atoms with Crippen LogP contribution in [0.1, 0.15) is 29.6 Å². The zero-order valence-corrected chi connectivity index (χ0v) is 11.1. The van der Waals surface area contributed by atoms with Crippen LogP contribution in [0.3, 0.4) is 0 Å². The highest BCUT2D eigenvalue weighted by Gasteiger charge is 2.30. The first kappa shape index (κ1) is 15.3. The van der Waals surface area contributed by atoms with Gasteiger partial charge in [0.25, 0.3) is 5.91 Å². The standard InChI is InChI=1S/C14H14F3NO3/c15-9-5-10(16)13(11(17)6-9)14(21)18-4-3-8(7-18)1-2-12(19)20/h5-6,8H,1-4,7H2,(H,19,20). The van der Waals surface area contributed by atoms with E-state index in [4.69, 9.17) is 5.11 Å². The van der Waals surface area contributed by atoms with E-state index in [1.54, 1.807) is 0 Å². The van der Waals surface area contributed by atoms with Crippen molar-refractivity contribution in [3.8, 4) is 0 Å². The molecule has 1 aliphatic rings. The summed E-state index contributed by atoms with van der Waals surface area (Å²) in [5, 5.41) is 8.61. The number of benzene rings is 1. The van der Waals surface area contributed by atoms with Crippen molar-refractivity contribution in [1.29, 1.82) is 0 Å². The molecule has 1 aromatic carbocycles. The highest BCUT2D eigenvalue weighted by Crippen LogP contribution is 2.24. The lowest BCUT2D eigenvalue weighted by Crippen LogP contribution is -2.30. The van der Waals surface area contributed by atoms with Gasteiger partial charge in [0.1, 0.15) is 23.0 Å². The molecular weight excluding hydrogens is 287 g/mol. The van der Waals surface area contributed by atoms with Gasteiger partial charge in [-0.3, -0.25) is 9.59 Å². The molecule has 0 aliphatic carbocycles. The minimum atomic E-state index is -1.23. The number of carboxylic acid groups (broad SMARTS) is 1. The van der Waals surface area contributed by atoms with E-state index >= 15 is 0 Å². The van der Waals surface area contributed by atoms with Gasteiger partial charge >= 0.3 is 5.97 Å². The number of carboxylic acids is 1. The Balaban J connectivity index is 2.07. The minimum absolute atomic E-state index is 0.00313. The molecule has 1 aromatic rings. The van der Waals surface area contributed by atoms with E-state index in [1.165, 1.54) is 4.90 Å². The zero-order chi connectivity index (χ0) is 15.6. The smallest absolute Gasteiger partial charge is 0.303 e. The van der Waals surface area contributed by atoms with E-state index < -0.39 is 34.9 Å². The third-order valence-corrected chi connectivity index (χ3v) is 3.56. The topological polar surface area (TPSA) is 57.6 Å². The van der Waals surface area contributed by atoms with Crippen LogP contribution in [0.25, 0.3) is 0 Å². The lowest BCUT2D eigenvalue weighted by molar-refractivity contribution is -0.137. The average molecular weight is 301 g/mol. The molecule has 7 heteroatoms. The third kappa shape index (κ3) is 3.53. The Bertz CT molecular complexity index is 554. The van der Waals surface area contributed by atoms with Gasteiger partial charge in [-0.2, -0.15) is 0 Å². The minimum Gasteiger partial charge on any atom is -0.481 e. The summed E-state index contributed by atoms with van der Waals surface area (Å²) in [4.78, 5) is 23.9. The van der Waals surface area contributed by atoms with E-state index in [0.717, 1.165) is 0 Å². The number of rotatable bonds is 4. The summed E-state index contributed by atoms with van der Waals surface area (Å²) >= 11 is 0. The van der Waals surface area contributed by atoms with Crippen molar-refractivity contribution in [2.45, 2.75) is 19.3 Å². The molecule has 1 atom stereocenters. The highest BCUT2D eigenvalue weighted by atomic mass is 19.1. The van der Waals surface area contributed by atoms with Gasteiger partial charge in [-0.25, -0.2) is 13.2 Å². The third-order valence-electron chi connectivity index (χ3n) is 3.56.